The van der Waals surface area contributed by atoms with E-state index >= 15 is 0 Å². The van der Waals surface area contributed by atoms with E-state index in [-0.39, 0.29) is 5.91 Å². The van der Waals surface area contributed by atoms with Crippen molar-refractivity contribution in [3.8, 4) is 5.75 Å². The Kier molecular flexibility index (Phi) is 4.17. The minimum atomic E-state index is -0.282. The summed E-state index contributed by atoms with van der Waals surface area (Å²) in [7, 11) is 1.61. The molecule has 0 unspecified atom stereocenters. The summed E-state index contributed by atoms with van der Waals surface area (Å²) in [6.45, 7) is 1.91. The number of aromatic nitrogens is 1. The van der Waals surface area contributed by atoms with Gasteiger partial charge in [-0.15, -0.1) is 0 Å². The Labute approximate surface area is 116 Å². The lowest BCUT2D eigenvalue weighted by Crippen LogP contribution is -2.18. The van der Waals surface area contributed by atoms with Crippen molar-refractivity contribution < 1.29 is 9.53 Å². The zero-order valence-electron chi connectivity index (χ0n) is 11.3. The number of pyridine rings is 1. The second kappa shape index (κ2) is 6.03. The summed E-state index contributed by atoms with van der Waals surface area (Å²) in [4.78, 5) is 16.2. The van der Waals surface area contributed by atoms with Gasteiger partial charge < -0.3 is 15.5 Å². The fourth-order valence-electron chi connectivity index (χ4n) is 1.86. The van der Waals surface area contributed by atoms with Crippen LogP contribution in [-0.4, -0.2) is 18.0 Å². The molecule has 0 aliphatic carbocycles. The van der Waals surface area contributed by atoms with Crippen LogP contribution in [0.4, 0.5) is 11.5 Å². The van der Waals surface area contributed by atoms with E-state index in [2.05, 4.69) is 15.7 Å². The molecule has 1 aromatic heterocycles. The number of carbonyl (C=O) groups excluding carboxylic acids is 1. The number of ether oxygens (including phenoxy) is 1. The first-order valence-corrected chi connectivity index (χ1v) is 6.03. The largest absolute Gasteiger partial charge is 0.496 e. The number of nitrogen functional groups attached to an aromatic ring is 1. The van der Waals surface area contributed by atoms with Gasteiger partial charge >= 0.3 is 0 Å². The number of rotatable bonds is 4. The normalized spacial score (nSPS) is 9.95. The van der Waals surface area contributed by atoms with Crippen LogP contribution in [0.2, 0.25) is 0 Å². The van der Waals surface area contributed by atoms with Crippen LogP contribution < -0.4 is 21.3 Å². The molecule has 1 aromatic carbocycles. The summed E-state index contributed by atoms with van der Waals surface area (Å²) in [5, 5.41) is 2.80. The van der Waals surface area contributed by atoms with Gasteiger partial charge in [0.25, 0.3) is 5.91 Å². The van der Waals surface area contributed by atoms with Crippen molar-refractivity contribution in [1.82, 2.24) is 4.98 Å². The van der Waals surface area contributed by atoms with Crippen molar-refractivity contribution in [3.05, 3.63) is 47.7 Å². The Morgan fingerprint density at radius 1 is 1.35 bits per heavy atom. The average Bonchev–Trinajstić information content (AvgIpc) is 2.47. The minimum absolute atomic E-state index is 0.282. The molecule has 4 N–H and O–H groups in total. The van der Waals surface area contributed by atoms with Gasteiger partial charge in [0.05, 0.1) is 12.7 Å². The number of hydrogen-bond donors (Lipinski definition) is 3. The molecule has 20 heavy (non-hydrogen) atoms. The number of nitrogens with one attached hydrogen (secondary N) is 2. The van der Waals surface area contributed by atoms with Crippen LogP contribution in [0.5, 0.6) is 5.75 Å². The van der Waals surface area contributed by atoms with Crippen molar-refractivity contribution in [2.45, 2.75) is 6.92 Å². The summed E-state index contributed by atoms with van der Waals surface area (Å²) >= 11 is 0. The third kappa shape index (κ3) is 2.86. The predicted molar refractivity (Wildman–Crippen MR) is 77.7 cm³/mol. The number of carbonyl (C=O) groups is 1. The van der Waals surface area contributed by atoms with Gasteiger partial charge in [0.2, 0.25) is 0 Å². The van der Waals surface area contributed by atoms with E-state index in [0.717, 1.165) is 11.3 Å². The number of aryl methyl sites for hydroxylation is 1. The van der Waals surface area contributed by atoms with Crippen LogP contribution in [0.1, 0.15) is 15.9 Å². The highest BCUT2D eigenvalue weighted by Crippen LogP contribution is 2.22. The maximum absolute atomic E-state index is 12.2. The van der Waals surface area contributed by atoms with E-state index in [4.69, 9.17) is 10.6 Å². The van der Waals surface area contributed by atoms with Gasteiger partial charge in [-0.05, 0) is 42.8 Å². The molecule has 1 heterocycles. The van der Waals surface area contributed by atoms with Crippen molar-refractivity contribution in [2.24, 2.45) is 5.84 Å². The molecule has 0 saturated heterocycles. The highest BCUT2D eigenvalue weighted by Gasteiger charge is 2.12. The molecule has 6 heteroatoms. The molecule has 6 nitrogen and oxygen atoms in total. The van der Waals surface area contributed by atoms with Gasteiger partial charge in [0.1, 0.15) is 5.75 Å². The molecule has 2 aromatic rings. The highest BCUT2D eigenvalue weighted by atomic mass is 16.5. The standard InChI is InChI=1S/C14H16N4O2/c1-9-8-10(5-6-12(9)20-2)17-14(19)11-4-3-7-16-13(11)18-15/h3-8H,15H2,1-2H3,(H,16,18)(H,17,19). The number of hydrazine groups is 1. The van der Waals surface area contributed by atoms with Crippen LogP contribution in [0.3, 0.4) is 0 Å². The number of nitrogens with two attached hydrogens (primary N) is 1. The van der Waals surface area contributed by atoms with Crippen LogP contribution in [0, 0.1) is 6.92 Å². The summed E-state index contributed by atoms with van der Waals surface area (Å²) in [5.41, 5.74) is 4.40. The van der Waals surface area contributed by atoms with Gasteiger partial charge in [-0.25, -0.2) is 10.8 Å². The molecule has 0 aliphatic heterocycles. The van der Waals surface area contributed by atoms with E-state index in [1.807, 2.05) is 13.0 Å². The molecular formula is C14H16N4O2. The van der Waals surface area contributed by atoms with Crippen LogP contribution >= 0.6 is 0 Å². The van der Waals surface area contributed by atoms with Crippen molar-refractivity contribution in [3.63, 3.8) is 0 Å². The van der Waals surface area contributed by atoms with Crippen LogP contribution in [0.15, 0.2) is 36.5 Å². The Bertz CT molecular complexity index is 628. The second-order valence-electron chi connectivity index (χ2n) is 4.18. The first-order chi connectivity index (χ1) is 9.65. The van der Waals surface area contributed by atoms with Crippen molar-refractivity contribution >= 4 is 17.4 Å². The first-order valence-electron chi connectivity index (χ1n) is 6.03. The van der Waals surface area contributed by atoms with Gasteiger partial charge in [-0.3, -0.25) is 4.79 Å². The summed E-state index contributed by atoms with van der Waals surface area (Å²) in [6.07, 6.45) is 1.56. The molecule has 0 radical (unpaired) electrons. The molecule has 1 amide bonds. The van der Waals surface area contributed by atoms with Gasteiger partial charge in [0, 0.05) is 11.9 Å². The first kappa shape index (κ1) is 13.8. The lowest BCUT2D eigenvalue weighted by molar-refractivity contribution is 0.102. The molecular weight excluding hydrogens is 256 g/mol. The SMILES string of the molecule is COc1ccc(NC(=O)c2cccnc2NN)cc1C. The minimum Gasteiger partial charge on any atom is -0.496 e. The highest BCUT2D eigenvalue weighted by molar-refractivity contribution is 6.07. The Morgan fingerprint density at radius 2 is 2.15 bits per heavy atom. The third-order valence-electron chi connectivity index (χ3n) is 2.84. The molecule has 0 atom stereocenters. The van der Waals surface area contributed by atoms with Gasteiger partial charge in [-0.2, -0.15) is 0 Å². The smallest absolute Gasteiger partial charge is 0.259 e. The molecule has 0 fully saturated rings. The lowest BCUT2D eigenvalue weighted by atomic mass is 10.2. The number of methoxy groups -OCH3 is 1. The number of benzene rings is 1. The fraction of sp³-hybridized carbons (Fsp3) is 0.143. The fourth-order valence-corrected chi connectivity index (χ4v) is 1.86. The Hall–Kier alpha value is -2.60. The van der Waals surface area contributed by atoms with Crippen molar-refractivity contribution in [2.75, 3.05) is 17.9 Å². The quantitative estimate of drug-likeness (QED) is 0.584. The number of nitrogens with zero attached hydrogens (tertiary/aromatic N) is 1. The van der Waals surface area contributed by atoms with Gasteiger partial charge in [0.15, 0.2) is 5.82 Å². The van der Waals surface area contributed by atoms with E-state index in [1.165, 1.54) is 0 Å². The van der Waals surface area contributed by atoms with E-state index < -0.39 is 0 Å². The maximum atomic E-state index is 12.2. The van der Waals surface area contributed by atoms with E-state index in [1.54, 1.807) is 37.6 Å². The van der Waals surface area contributed by atoms with Gasteiger partial charge in [-0.1, -0.05) is 0 Å². The molecule has 0 spiro atoms. The summed E-state index contributed by atoms with van der Waals surface area (Å²) in [5.74, 6) is 6.15. The Balaban J connectivity index is 2.21. The molecule has 2 rings (SSSR count). The topological polar surface area (TPSA) is 89.3 Å². The monoisotopic (exact) mass is 272 g/mol. The Morgan fingerprint density at radius 3 is 2.80 bits per heavy atom. The van der Waals surface area contributed by atoms with E-state index in [9.17, 15) is 4.79 Å². The predicted octanol–water partition coefficient (Wildman–Crippen LogP) is 1.94. The molecule has 0 bridgehead atoms. The second-order valence-corrected chi connectivity index (χ2v) is 4.18. The van der Waals surface area contributed by atoms with Crippen LogP contribution in [0.25, 0.3) is 0 Å². The molecule has 104 valence electrons. The molecule has 0 saturated carbocycles. The molecule has 0 aliphatic rings. The maximum Gasteiger partial charge on any atom is 0.259 e. The third-order valence-corrected chi connectivity index (χ3v) is 2.84. The van der Waals surface area contributed by atoms with Crippen molar-refractivity contribution in [1.29, 1.82) is 0 Å². The summed E-state index contributed by atoms with van der Waals surface area (Å²) in [6, 6.07) is 8.73. The number of amides is 1. The number of hydrogen-bond acceptors (Lipinski definition) is 5. The van der Waals surface area contributed by atoms with E-state index in [0.29, 0.717) is 17.1 Å². The van der Waals surface area contributed by atoms with Crippen LogP contribution in [-0.2, 0) is 0 Å². The lowest BCUT2D eigenvalue weighted by Gasteiger charge is -2.10. The zero-order chi connectivity index (χ0) is 14.5. The number of anilines is 2. The average molecular weight is 272 g/mol. The zero-order valence-corrected chi connectivity index (χ0v) is 11.3. The summed E-state index contributed by atoms with van der Waals surface area (Å²) < 4.78 is 5.18.